The molecule has 2 N–H and O–H groups in total. The number of nitrogens with one attached hydrogen (secondary N) is 2. The van der Waals surface area contributed by atoms with Crippen molar-refractivity contribution in [3.05, 3.63) is 30.1 Å². The highest BCUT2D eigenvalue weighted by Gasteiger charge is 2.24. The lowest BCUT2D eigenvalue weighted by atomic mass is 9.95. The molecule has 2 aliphatic rings. The summed E-state index contributed by atoms with van der Waals surface area (Å²) in [6.07, 6.45) is 6.84. The maximum Gasteiger partial charge on any atom is 0.317 e. The van der Waals surface area contributed by atoms with Crippen molar-refractivity contribution < 1.29 is 4.79 Å². The molecule has 6 nitrogen and oxygen atoms in total. The van der Waals surface area contributed by atoms with Crippen molar-refractivity contribution >= 4 is 17.1 Å². The van der Waals surface area contributed by atoms with Crippen LogP contribution in [0.4, 0.5) is 4.79 Å². The van der Waals surface area contributed by atoms with Gasteiger partial charge in [0.1, 0.15) is 5.82 Å². The summed E-state index contributed by atoms with van der Waals surface area (Å²) >= 11 is 0. The number of hydrogen-bond acceptors (Lipinski definition) is 3. The van der Waals surface area contributed by atoms with Crippen molar-refractivity contribution in [1.29, 1.82) is 0 Å². The summed E-state index contributed by atoms with van der Waals surface area (Å²) in [6, 6.07) is 8.25. The van der Waals surface area contributed by atoms with Gasteiger partial charge in [-0.1, -0.05) is 12.1 Å². The molecular weight excluding hydrogens is 338 g/mol. The lowest BCUT2D eigenvalue weighted by Gasteiger charge is -2.32. The second kappa shape index (κ2) is 8.74. The molecule has 2 amide bonds. The molecule has 0 bridgehead atoms. The minimum Gasteiger partial charge on any atom is -0.342 e. The zero-order valence-electron chi connectivity index (χ0n) is 16.1. The molecule has 2 aromatic rings. The van der Waals surface area contributed by atoms with Gasteiger partial charge >= 0.3 is 6.03 Å². The van der Waals surface area contributed by atoms with Crippen molar-refractivity contribution in [2.24, 2.45) is 5.92 Å². The fraction of sp³-hybridized carbons (Fsp3) is 0.619. The van der Waals surface area contributed by atoms with E-state index in [2.05, 4.69) is 21.3 Å². The molecular formula is C21H31N5O. The number of H-pyrrole nitrogens is 1. The van der Waals surface area contributed by atoms with Gasteiger partial charge in [-0.2, -0.15) is 0 Å². The summed E-state index contributed by atoms with van der Waals surface area (Å²) in [4.78, 5) is 25.1. The molecule has 0 aliphatic carbocycles. The van der Waals surface area contributed by atoms with Crippen molar-refractivity contribution in [2.75, 3.05) is 39.3 Å². The minimum atomic E-state index is 0.103. The number of fused-ring (bicyclic) bond motifs is 1. The van der Waals surface area contributed by atoms with Gasteiger partial charge in [0.25, 0.3) is 0 Å². The van der Waals surface area contributed by atoms with Crippen LogP contribution in [-0.4, -0.2) is 65.1 Å². The SMILES string of the molecule is O=C(NCCCN1CCCC1)N1CCC[C@@H](Cc2nc3ccccc3[nH]2)C1. The largest absolute Gasteiger partial charge is 0.342 e. The van der Waals surface area contributed by atoms with Gasteiger partial charge in [-0.25, -0.2) is 9.78 Å². The van der Waals surface area contributed by atoms with Crippen LogP contribution in [0.15, 0.2) is 24.3 Å². The molecule has 2 aliphatic heterocycles. The quantitative estimate of drug-likeness (QED) is 0.770. The molecule has 0 spiro atoms. The number of aromatic nitrogens is 2. The molecule has 0 saturated carbocycles. The Balaban J connectivity index is 1.22. The number of nitrogens with zero attached hydrogens (tertiary/aromatic N) is 3. The van der Waals surface area contributed by atoms with Crippen LogP contribution in [-0.2, 0) is 6.42 Å². The van der Waals surface area contributed by atoms with Crippen LogP contribution in [0.1, 0.15) is 37.9 Å². The van der Waals surface area contributed by atoms with E-state index >= 15 is 0 Å². The lowest BCUT2D eigenvalue weighted by molar-refractivity contribution is 0.164. The fourth-order valence-electron chi connectivity index (χ4n) is 4.41. The molecule has 4 rings (SSSR count). The molecule has 1 aromatic carbocycles. The molecule has 2 fully saturated rings. The Bertz CT molecular complexity index is 719. The summed E-state index contributed by atoms with van der Waals surface area (Å²) in [5, 5.41) is 3.12. The van der Waals surface area contributed by atoms with E-state index in [0.29, 0.717) is 5.92 Å². The van der Waals surface area contributed by atoms with Gasteiger partial charge in [0.15, 0.2) is 0 Å². The maximum atomic E-state index is 12.5. The number of carbonyl (C=O) groups is 1. The van der Waals surface area contributed by atoms with Crippen LogP contribution in [0.3, 0.4) is 0 Å². The Morgan fingerprint density at radius 1 is 1.19 bits per heavy atom. The van der Waals surface area contributed by atoms with Gasteiger partial charge in [0.05, 0.1) is 11.0 Å². The molecule has 27 heavy (non-hydrogen) atoms. The number of para-hydroxylation sites is 2. The Morgan fingerprint density at radius 2 is 2.04 bits per heavy atom. The van der Waals surface area contributed by atoms with E-state index in [4.69, 9.17) is 4.98 Å². The molecule has 0 unspecified atom stereocenters. The Morgan fingerprint density at radius 3 is 2.89 bits per heavy atom. The molecule has 146 valence electrons. The first-order valence-corrected chi connectivity index (χ1v) is 10.5. The van der Waals surface area contributed by atoms with Gasteiger partial charge in [0.2, 0.25) is 0 Å². The molecule has 0 radical (unpaired) electrons. The van der Waals surface area contributed by atoms with E-state index in [1.54, 1.807) is 0 Å². The second-order valence-corrected chi connectivity index (χ2v) is 7.99. The first-order valence-electron chi connectivity index (χ1n) is 10.5. The van der Waals surface area contributed by atoms with Crippen LogP contribution in [0.2, 0.25) is 0 Å². The number of aromatic amines is 1. The number of amides is 2. The predicted octanol–water partition coefficient (Wildman–Crippen LogP) is 3.01. The van der Waals surface area contributed by atoms with E-state index in [0.717, 1.165) is 68.7 Å². The average Bonchev–Trinajstić information content (AvgIpc) is 3.34. The third-order valence-electron chi connectivity index (χ3n) is 5.85. The molecule has 2 saturated heterocycles. The highest BCUT2D eigenvalue weighted by Crippen LogP contribution is 2.21. The summed E-state index contributed by atoms with van der Waals surface area (Å²) in [5.41, 5.74) is 2.12. The number of rotatable bonds is 6. The number of hydrogen-bond donors (Lipinski definition) is 2. The zero-order chi connectivity index (χ0) is 18.5. The Labute approximate surface area is 161 Å². The van der Waals surface area contributed by atoms with Crippen molar-refractivity contribution in [3.8, 4) is 0 Å². The Hall–Kier alpha value is -2.08. The smallest absolute Gasteiger partial charge is 0.317 e. The van der Waals surface area contributed by atoms with Crippen LogP contribution >= 0.6 is 0 Å². The Kier molecular flexibility index (Phi) is 5.92. The topological polar surface area (TPSA) is 64.3 Å². The standard InChI is InChI=1S/C21H31N5O/c27-21(22-10-6-13-25-11-3-4-12-25)26-14-5-7-17(16-26)15-20-23-18-8-1-2-9-19(18)24-20/h1-2,8-9,17H,3-7,10-16H2,(H,22,27)(H,23,24)/t17-/m0/s1. The first kappa shape index (κ1) is 18.3. The van der Waals surface area contributed by atoms with E-state index in [9.17, 15) is 4.79 Å². The summed E-state index contributed by atoms with van der Waals surface area (Å²) in [6.45, 7) is 6.03. The third-order valence-corrected chi connectivity index (χ3v) is 5.85. The molecule has 3 heterocycles. The number of urea groups is 1. The molecule has 6 heteroatoms. The predicted molar refractivity (Wildman–Crippen MR) is 108 cm³/mol. The van der Waals surface area contributed by atoms with Gasteiger partial charge in [-0.15, -0.1) is 0 Å². The highest BCUT2D eigenvalue weighted by atomic mass is 16.2. The van der Waals surface area contributed by atoms with Crippen molar-refractivity contribution in [2.45, 2.75) is 38.5 Å². The fourth-order valence-corrected chi connectivity index (χ4v) is 4.41. The van der Waals surface area contributed by atoms with Crippen molar-refractivity contribution in [1.82, 2.24) is 25.1 Å². The lowest BCUT2D eigenvalue weighted by Crippen LogP contribution is -2.46. The summed E-state index contributed by atoms with van der Waals surface area (Å²) in [7, 11) is 0. The second-order valence-electron chi connectivity index (χ2n) is 7.99. The van der Waals surface area contributed by atoms with Crippen LogP contribution < -0.4 is 5.32 Å². The average molecular weight is 370 g/mol. The number of piperidine rings is 1. The van der Waals surface area contributed by atoms with E-state index < -0.39 is 0 Å². The van der Waals surface area contributed by atoms with Gasteiger partial charge in [0, 0.05) is 26.1 Å². The highest BCUT2D eigenvalue weighted by molar-refractivity contribution is 5.75. The third kappa shape index (κ3) is 4.80. The molecule has 1 aromatic heterocycles. The summed E-state index contributed by atoms with van der Waals surface area (Å²) < 4.78 is 0. The number of imidazole rings is 1. The zero-order valence-corrected chi connectivity index (χ0v) is 16.1. The van der Waals surface area contributed by atoms with E-state index in [1.807, 2.05) is 23.1 Å². The molecule has 1 atom stereocenters. The summed E-state index contributed by atoms with van der Waals surface area (Å²) in [5.74, 6) is 1.52. The first-order chi connectivity index (χ1) is 13.3. The monoisotopic (exact) mass is 369 g/mol. The van der Waals surface area contributed by atoms with Crippen LogP contribution in [0, 0.1) is 5.92 Å². The minimum absolute atomic E-state index is 0.103. The van der Waals surface area contributed by atoms with Gasteiger partial charge < -0.3 is 20.1 Å². The number of carbonyl (C=O) groups excluding carboxylic acids is 1. The van der Waals surface area contributed by atoms with Crippen molar-refractivity contribution in [3.63, 3.8) is 0 Å². The van der Waals surface area contributed by atoms with Gasteiger partial charge in [-0.3, -0.25) is 0 Å². The van der Waals surface area contributed by atoms with Gasteiger partial charge in [-0.05, 0) is 69.8 Å². The maximum absolute atomic E-state index is 12.5. The number of likely N-dealkylation sites (tertiary alicyclic amines) is 2. The van der Waals surface area contributed by atoms with E-state index in [-0.39, 0.29) is 6.03 Å². The van der Waals surface area contributed by atoms with Crippen LogP contribution in [0.25, 0.3) is 11.0 Å². The normalized spacial score (nSPS) is 21.0. The van der Waals surface area contributed by atoms with Crippen LogP contribution in [0.5, 0.6) is 0 Å². The van der Waals surface area contributed by atoms with E-state index in [1.165, 1.54) is 25.9 Å². The number of benzene rings is 1.